The lowest BCUT2D eigenvalue weighted by Gasteiger charge is -2.05. The highest BCUT2D eigenvalue weighted by Gasteiger charge is 2.15. The van der Waals surface area contributed by atoms with Crippen LogP contribution in [-0.4, -0.2) is 35.0 Å². The molecule has 1 atom stereocenters. The number of hydrogen-bond acceptors (Lipinski definition) is 4. The summed E-state index contributed by atoms with van der Waals surface area (Å²) in [6.45, 7) is 1.69. The van der Waals surface area contributed by atoms with Crippen LogP contribution >= 0.6 is 11.8 Å². The third-order valence-corrected chi connectivity index (χ3v) is 3.65. The molecule has 0 aromatic carbocycles. The maximum atomic E-state index is 10.6. The highest BCUT2D eigenvalue weighted by molar-refractivity contribution is 7.99. The van der Waals surface area contributed by atoms with Crippen LogP contribution in [-0.2, 0) is 4.74 Å². The molecule has 86 valence electrons. The first-order chi connectivity index (χ1) is 7.75. The third kappa shape index (κ3) is 2.96. The summed E-state index contributed by atoms with van der Waals surface area (Å²) in [5.41, 5.74) is 0.230. The Bertz CT molecular complexity index is 360. The van der Waals surface area contributed by atoms with E-state index in [9.17, 15) is 4.79 Å². The van der Waals surface area contributed by atoms with Gasteiger partial charge in [0.25, 0.3) is 0 Å². The molecule has 0 radical (unpaired) electrons. The minimum atomic E-state index is -0.937. The number of hydrogen-bond donors (Lipinski definition) is 1. The number of carboxylic acid groups (broad SMARTS) is 1. The van der Waals surface area contributed by atoms with Gasteiger partial charge in [0, 0.05) is 18.6 Å². The van der Waals surface area contributed by atoms with Crippen LogP contribution in [0.4, 0.5) is 0 Å². The van der Waals surface area contributed by atoms with Crippen LogP contribution in [0.15, 0.2) is 23.4 Å². The van der Waals surface area contributed by atoms with Gasteiger partial charge in [0.05, 0.1) is 17.2 Å². The molecule has 1 saturated heterocycles. The van der Waals surface area contributed by atoms with E-state index in [1.54, 1.807) is 23.9 Å². The van der Waals surface area contributed by atoms with Crippen molar-refractivity contribution in [3.63, 3.8) is 0 Å². The van der Waals surface area contributed by atoms with E-state index in [4.69, 9.17) is 9.84 Å². The van der Waals surface area contributed by atoms with Crippen molar-refractivity contribution in [1.82, 2.24) is 4.98 Å². The molecule has 0 saturated carbocycles. The van der Waals surface area contributed by atoms with E-state index < -0.39 is 5.97 Å². The van der Waals surface area contributed by atoms with Gasteiger partial charge in [-0.15, -0.1) is 11.8 Å². The summed E-state index contributed by atoms with van der Waals surface area (Å²) in [4.78, 5) is 14.7. The first-order valence-corrected chi connectivity index (χ1v) is 6.14. The SMILES string of the molecule is O=C(O)c1ccc(SCC2CCOC2)nc1. The Labute approximate surface area is 98.0 Å². The second-order valence-electron chi connectivity index (χ2n) is 3.73. The summed E-state index contributed by atoms with van der Waals surface area (Å²) in [5, 5.41) is 9.59. The van der Waals surface area contributed by atoms with Crippen LogP contribution in [0.2, 0.25) is 0 Å². The predicted octanol–water partition coefficient (Wildman–Crippen LogP) is 1.91. The highest BCUT2D eigenvalue weighted by Crippen LogP contribution is 2.23. The van der Waals surface area contributed by atoms with Crippen molar-refractivity contribution in [1.29, 1.82) is 0 Å². The molecule has 1 unspecified atom stereocenters. The van der Waals surface area contributed by atoms with Gasteiger partial charge in [-0.1, -0.05) is 0 Å². The van der Waals surface area contributed by atoms with Gasteiger partial charge in [0.2, 0.25) is 0 Å². The van der Waals surface area contributed by atoms with Gasteiger partial charge in [-0.05, 0) is 24.5 Å². The van der Waals surface area contributed by atoms with Crippen LogP contribution in [0.25, 0.3) is 0 Å². The molecular formula is C11H13NO3S. The molecule has 1 aliphatic rings. The van der Waals surface area contributed by atoms with Gasteiger partial charge in [0.15, 0.2) is 0 Å². The van der Waals surface area contributed by atoms with Gasteiger partial charge >= 0.3 is 5.97 Å². The average molecular weight is 239 g/mol. The zero-order valence-electron chi connectivity index (χ0n) is 8.76. The Balaban J connectivity index is 1.87. The predicted molar refractivity (Wildman–Crippen MR) is 60.8 cm³/mol. The molecular weight excluding hydrogens is 226 g/mol. The fourth-order valence-electron chi connectivity index (χ4n) is 1.51. The third-order valence-electron chi connectivity index (χ3n) is 2.47. The lowest BCUT2D eigenvalue weighted by molar-refractivity contribution is 0.0696. The van der Waals surface area contributed by atoms with Crippen molar-refractivity contribution in [2.75, 3.05) is 19.0 Å². The molecule has 2 heterocycles. The molecule has 0 bridgehead atoms. The fraction of sp³-hybridized carbons (Fsp3) is 0.455. The largest absolute Gasteiger partial charge is 0.478 e. The summed E-state index contributed by atoms with van der Waals surface area (Å²) < 4.78 is 5.28. The minimum absolute atomic E-state index is 0.230. The van der Waals surface area contributed by atoms with E-state index in [2.05, 4.69) is 4.98 Å². The zero-order valence-corrected chi connectivity index (χ0v) is 9.57. The molecule has 1 N–H and O–H groups in total. The summed E-state index contributed by atoms with van der Waals surface area (Å²) in [6, 6.07) is 3.34. The van der Waals surface area contributed by atoms with E-state index >= 15 is 0 Å². The summed E-state index contributed by atoms with van der Waals surface area (Å²) in [5.74, 6) is 0.651. The van der Waals surface area contributed by atoms with Gasteiger partial charge in [0.1, 0.15) is 0 Å². The number of rotatable bonds is 4. The molecule has 2 rings (SSSR count). The monoisotopic (exact) mass is 239 g/mol. The maximum Gasteiger partial charge on any atom is 0.337 e. The Morgan fingerprint density at radius 1 is 1.62 bits per heavy atom. The zero-order chi connectivity index (χ0) is 11.4. The maximum absolute atomic E-state index is 10.6. The number of pyridine rings is 1. The second-order valence-corrected chi connectivity index (χ2v) is 4.77. The number of carboxylic acids is 1. The number of aromatic nitrogens is 1. The molecule has 1 aromatic rings. The topological polar surface area (TPSA) is 59.4 Å². The summed E-state index contributed by atoms with van der Waals surface area (Å²) >= 11 is 1.65. The van der Waals surface area contributed by atoms with Crippen molar-refractivity contribution >= 4 is 17.7 Å². The van der Waals surface area contributed by atoms with Crippen LogP contribution in [0.3, 0.4) is 0 Å². The molecule has 0 spiro atoms. The van der Waals surface area contributed by atoms with Crippen LogP contribution in [0, 0.1) is 5.92 Å². The number of aromatic carboxylic acids is 1. The molecule has 1 aliphatic heterocycles. The molecule has 0 amide bonds. The van der Waals surface area contributed by atoms with Crippen LogP contribution in [0.5, 0.6) is 0 Å². The van der Waals surface area contributed by atoms with E-state index in [-0.39, 0.29) is 5.56 Å². The Morgan fingerprint density at radius 2 is 2.50 bits per heavy atom. The average Bonchev–Trinajstić information content (AvgIpc) is 2.80. The number of ether oxygens (including phenoxy) is 1. The highest BCUT2D eigenvalue weighted by atomic mass is 32.2. The Kier molecular flexibility index (Phi) is 3.79. The lowest BCUT2D eigenvalue weighted by Crippen LogP contribution is -2.02. The normalized spacial score (nSPS) is 19.9. The molecule has 16 heavy (non-hydrogen) atoms. The molecule has 1 aromatic heterocycles. The van der Waals surface area contributed by atoms with Gasteiger partial charge in [-0.3, -0.25) is 0 Å². The quantitative estimate of drug-likeness (QED) is 0.813. The molecule has 5 heteroatoms. The number of nitrogens with zero attached hydrogens (tertiary/aromatic N) is 1. The number of thioether (sulfide) groups is 1. The minimum Gasteiger partial charge on any atom is -0.478 e. The van der Waals surface area contributed by atoms with Crippen LogP contribution < -0.4 is 0 Å². The first kappa shape index (κ1) is 11.4. The van der Waals surface area contributed by atoms with Crippen LogP contribution in [0.1, 0.15) is 16.8 Å². The Morgan fingerprint density at radius 3 is 3.06 bits per heavy atom. The first-order valence-electron chi connectivity index (χ1n) is 5.15. The molecule has 1 fully saturated rings. The fourth-order valence-corrected chi connectivity index (χ4v) is 2.47. The van der Waals surface area contributed by atoms with E-state index in [0.29, 0.717) is 5.92 Å². The molecule has 4 nitrogen and oxygen atoms in total. The standard InChI is InChI=1S/C11H13NO3S/c13-11(14)9-1-2-10(12-5-9)16-7-8-3-4-15-6-8/h1-2,5,8H,3-4,6-7H2,(H,13,14). The summed E-state index contributed by atoms with van der Waals surface area (Å²) in [6.07, 6.45) is 2.51. The molecule has 0 aliphatic carbocycles. The second kappa shape index (κ2) is 5.32. The summed E-state index contributed by atoms with van der Waals surface area (Å²) in [7, 11) is 0. The van der Waals surface area contributed by atoms with Crippen molar-refractivity contribution in [2.45, 2.75) is 11.4 Å². The smallest absolute Gasteiger partial charge is 0.337 e. The lowest BCUT2D eigenvalue weighted by atomic mass is 10.2. The Hall–Kier alpha value is -1.07. The van der Waals surface area contributed by atoms with E-state index in [1.807, 2.05) is 0 Å². The van der Waals surface area contributed by atoms with Gasteiger partial charge in [-0.25, -0.2) is 9.78 Å². The van der Waals surface area contributed by atoms with Crippen molar-refractivity contribution in [3.8, 4) is 0 Å². The number of carbonyl (C=O) groups is 1. The van der Waals surface area contributed by atoms with E-state index in [0.717, 1.165) is 30.4 Å². The van der Waals surface area contributed by atoms with Gasteiger partial charge < -0.3 is 9.84 Å². The van der Waals surface area contributed by atoms with Crippen molar-refractivity contribution in [2.24, 2.45) is 5.92 Å². The van der Waals surface area contributed by atoms with E-state index in [1.165, 1.54) is 6.20 Å². The van der Waals surface area contributed by atoms with Gasteiger partial charge in [-0.2, -0.15) is 0 Å². The van der Waals surface area contributed by atoms with Crippen molar-refractivity contribution in [3.05, 3.63) is 23.9 Å². The van der Waals surface area contributed by atoms with Crippen molar-refractivity contribution < 1.29 is 14.6 Å².